The Morgan fingerprint density at radius 2 is 2.27 bits per heavy atom. The predicted octanol–water partition coefficient (Wildman–Crippen LogP) is 2.26. The maximum Gasteiger partial charge on any atom is 0.204 e. The van der Waals surface area contributed by atoms with Crippen molar-refractivity contribution < 1.29 is 4.92 Å². The third-order valence-corrected chi connectivity index (χ3v) is 1.67. The Kier molecular flexibility index (Phi) is 5.43. The van der Waals surface area contributed by atoms with Gasteiger partial charge in [-0.05, 0) is 18.8 Å². The van der Waals surface area contributed by atoms with Crippen LogP contribution in [0.5, 0.6) is 0 Å². The monoisotopic (exact) mass is 157 g/mol. The van der Waals surface area contributed by atoms with Gasteiger partial charge in [-0.3, -0.25) is 10.1 Å². The average molecular weight is 157 g/mol. The fourth-order valence-corrected chi connectivity index (χ4v) is 0.873. The van der Waals surface area contributed by atoms with Gasteiger partial charge in [-0.15, -0.1) is 6.58 Å². The molecule has 0 aromatic rings. The SMILES string of the molecule is C=CCCC(C)CC[N+](=O)[O-]. The standard InChI is InChI=1S/C8H15NO2/c1-3-4-5-8(2)6-7-9(10)11/h3,8H,1,4-7H2,2H3. The van der Waals surface area contributed by atoms with Crippen LogP contribution in [-0.2, 0) is 0 Å². The second kappa shape index (κ2) is 5.89. The van der Waals surface area contributed by atoms with Gasteiger partial charge in [-0.25, -0.2) is 0 Å². The minimum absolute atomic E-state index is 0.0955. The Morgan fingerprint density at radius 3 is 2.73 bits per heavy atom. The summed E-state index contributed by atoms with van der Waals surface area (Å²) in [6, 6.07) is 0. The number of nitrogens with zero attached hydrogens (tertiary/aromatic N) is 1. The first-order valence-corrected chi connectivity index (χ1v) is 3.89. The van der Waals surface area contributed by atoms with Crippen LogP contribution in [0.3, 0.4) is 0 Å². The summed E-state index contributed by atoms with van der Waals surface area (Å²) in [4.78, 5) is 9.70. The molecule has 3 nitrogen and oxygen atoms in total. The predicted molar refractivity (Wildman–Crippen MR) is 45.1 cm³/mol. The molecule has 1 atom stereocenters. The largest absolute Gasteiger partial charge is 0.265 e. The van der Waals surface area contributed by atoms with Crippen molar-refractivity contribution in [1.82, 2.24) is 0 Å². The van der Waals surface area contributed by atoms with Crippen molar-refractivity contribution in [2.24, 2.45) is 5.92 Å². The van der Waals surface area contributed by atoms with Crippen molar-refractivity contribution in [2.75, 3.05) is 6.54 Å². The lowest BCUT2D eigenvalue weighted by Gasteiger charge is -2.05. The van der Waals surface area contributed by atoms with Crippen molar-refractivity contribution in [3.63, 3.8) is 0 Å². The molecule has 0 saturated carbocycles. The zero-order valence-corrected chi connectivity index (χ0v) is 6.95. The van der Waals surface area contributed by atoms with E-state index >= 15 is 0 Å². The van der Waals surface area contributed by atoms with Gasteiger partial charge in [0.25, 0.3) is 0 Å². The zero-order valence-electron chi connectivity index (χ0n) is 6.95. The molecule has 0 radical (unpaired) electrons. The van der Waals surface area contributed by atoms with Crippen LogP contribution in [0.15, 0.2) is 12.7 Å². The molecule has 0 rings (SSSR count). The molecule has 0 aliphatic rings. The Balaban J connectivity index is 3.28. The van der Waals surface area contributed by atoms with Crippen molar-refractivity contribution in [2.45, 2.75) is 26.2 Å². The number of hydrogen-bond donors (Lipinski definition) is 0. The molecule has 1 unspecified atom stereocenters. The molecule has 0 heterocycles. The minimum Gasteiger partial charge on any atom is -0.265 e. The van der Waals surface area contributed by atoms with Gasteiger partial charge >= 0.3 is 0 Å². The normalized spacial score (nSPS) is 12.5. The Hall–Kier alpha value is -0.860. The maximum atomic E-state index is 9.96. The zero-order chi connectivity index (χ0) is 8.69. The van der Waals surface area contributed by atoms with Crippen molar-refractivity contribution in [1.29, 1.82) is 0 Å². The van der Waals surface area contributed by atoms with Crippen molar-refractivity contribution >= 4 is 0 Å². The van der Waals surface area contributed by atoms with Gasteiger partial charge in [0, 0.05) is 11.3 Å². The number of nitro groups is 1. The van der Waals surface area contributed by atoms with Crippen LogP contribution in [0.4, 0.5) is 0 Å². The highest BCUT2D eigenvalue weighted by Gasteiger charge is 2.04. The van der Waals surface area contributed by atoms with E-state index in [0.717, 1.165) is 12.8 Å². The minimum atomic E-state index is -0.260. The molecule has 11 heavy (non-hydrogen) atoms. The van der Waals surface area contributed by atoms with Gasteiger partial charge < -0.3 is 0 Å². The third-order valence-electron chi connectivity index (χ3n) is 1.67. The van der Waals surface area contributed by atoms with Crippen molar-refractivity contribution in [3.05, 3.63) is 22.8 Å². The summed E-state index contributed by atoms with van der Waals surface area (Å²) in [5.74, 6) is 0.443. The molecule has 64 valence electrons. The van der Waals surface area contributed by atoms with E-state index < -0.39 is 0 Å². The molecule has 0 aliphatic heterocycles. The highest BCUT2D eigenvalue weighted by Crippen LogP contribution is 2.09. The van der Waals surface area contributed by atoms with E-state index in [1.807, 2.05) is 13.0 Å². The molecular weight excluding hydrogens is 142 g/mol. The van der Waals surface area contributed by atoms with Crippen LogP contribution in [0.1, 0.15) is 26.2 Å². The first-order chi connectivity index (χ1) is 5.16. The van der Waals surface area contributed by atoms with Gasteiger partial charge in [0.2, 0.25) is 6.54 Å². The molecule has 0 amide bonds. The van der Waals surface area contributed by atoms with Crippen LogP contribution in [0.2, 0.25) is 0 Å². The van der Waals surface area contributed by atoms with E-state index in [0.29, 0.717) is 12.3 Å². The molecule has 0 saturated heterocycles. The molecule has 0 aliphatic carbocycles. The summed E-state index contributed by atoms with van der Waals surface area (Å²) in [5.41, 5.74) is 0. The lowest BCUT2D eigenvalue weighted by atomic mass is 10.0. The smallest absolute Gasteiger partial charge is 0.204 e. The molecule has 3 heteroatoms. The first kappa shape index (κ1) is 10.1. The van der Waals surface area contributed by atoms with E-state index in [-0.39, 0.29) is 11.5 Å². The number of allylic oxidation sites excluding steroid dienone is 1. The Morgan fingerprint density at radius 1 is 1.64 bits per heavy atom. The van der Waals surface area contributed by atoms with E-state index in [2.05, 4.69) is 6.58 Å². The van der Waals surface area contributed by atoms with E-state index in [1.165, 1.54) is 0 Å². The highest BCUT2D eigenvalue weighted by atomic mass is 16.6. The third kappa shape index (κ3) is 7.03. The molecular formula is C8H15NO2. The fraction of sp³-hybridized carbons (Fsp3) is 0.750. The highest BCUT2D eigenvalue weighted by molar-refractivity contribution is 4.67. The van der Waals surface area contributed by atoms with E-state index in [9.17, 15) is 10.1 Å². The summed E-state index contributed by atoms with van der Waals surface area (Å²) in [5, 5.41) is 9.96. The van der Waals surface area contributed by atoms with Crippen LogP contribution in [-0.4, -0.2) is 11.5 Å². The Bertz CT molecular complexity index is 134. The van der Waals surface area contributed by atoms with Gasteiger partial charge in [0.05, 0.1) is 0 Å². The van der Waals surface area contributed by atoms with Crippen LogP contribution >= 0.6 is 0 Å². The van der Waals surface area contributed by atoms with Gasteiger partial charge in [-0.1, -0.05) is 13.0 Å². The molecule has 0 aromatic heterocycles. The quantitative estimate of drug-likeness (QED) is 0.337. The van der Waals surface area contributed by atoms with Gasteiger partial charge in [-0.2, -0.15) is 0 Å². The molecule has 0 bridgehead atoms. The topological polar surface area (TPSA) is 43.1 Å². The second-order valence-corrected chi connectivity index (χ2v) is 2.82. The molecule has 0 fully saturated rings. The summed E-state index contributed by atoms with van der Waals surface area (Å²) < 4.78 is 0. The molecule has 0 N–H and O–H groups in total. The summed E-state index contributed by atoms with van der Waals surface area (Å²) >= 11 is 0. The molecule has 0 spiro atoms. The van der Waals surface area contributed by atoms with E-state index in [1.54, 1.807) is 0 Å². The van der Waals surface area contributed by atoms with Gasteiger partial charge in [0.1, 0.15) is 0 Å². The van der Waals surface area contributed by atoms with Gasteiger partial charge in [0.15, 0.2) is 0 Å². The lowest BCUT2D eigenvalue weighted by Crippen LogP contribution is -2.05. The summed E-state index contributed by atoms with van der Waals surface area (Å²) in [6.07, 6.45) is 4.50. The second-order valence-electron chi connectivity index (χ2n) is 2.82. The maximum absolute atomic E-state index is 9.96. The van der Waals surface area contributed by atoms with Crippen LogP contribution in [0, 0.1) is 16.0 Å². The summed E-state index contributed by atoms with van der Waals surface area (Å²) in [6.45, 7) is 5.72. The fourth-order valence-electron chi connectivity index (χ4n) is 0.873. The van der Waals surface area contributed by atoms with E-state index in [4.69, 9.17) is 0 Å². The average Bonchev–Trinajstić information content (AvgIpc) is 1.97. The van der Waals surface area contributed by atoms with Crippen LogP contribution < -0.4 is 0 Å². The van der Waals surface area contributed by atoms with Crippen molar-refractivity contribution in [3.8, 4) is 0 Å². The Labute approximate surface area is 67.3 Å². The summed E-state index contributed by atoms with van der Waals surface area (Å²) in [7, 11) is 0. The lowest BCUT2D eigenvalue weighted by molar-refractivity contribution is -0.481. The number of hydrogen-bond acceptors (Lipinski definition) is 2. The van der Waals surface area contributed by atoms with Crippen LogP contribution in [0.25, 0.3) is 0 Å². The molecule has 0 aromatic carbocycles. The first-order valence-electron chi connectivity index (χ1n) is 3.89. The number of rotatable bonds is 6.